The fourth-order valence-electron chi connectivity index (χ4n) is 2.28. The second kappa shape index (κ2) is 7.02. The summed E-state index contributed by atoms with van der Waals surface area (Å²) in [6.07, 6.45) is 2.34. The van der Waals surface area contributed by atoms with Gasteiger partial charge in [0.1, 0.15) is 16.4 Å². The lowest BCUT2D eigenvalue weighted by molar-refractivity contribution is 0.340. The molecule has 128 valence electrons. The van der Waals surface area contributed by atoms with Crippen LogP contribution < -0.4 is 5.32 Å². The molecule has 10 heteroatoms. The van der Waals surface area contributed by atoms with Crippen LogP contribution in [0.3, 0.4) is 0 Å². The van der Waals surface area contributed by atoms with Gasteiger partial charge in [0.15, 0.2) is 11.6 Å². The fraction of sp³-hybridized carbons (Fsp3) is 0.357. The average molecular weight is 421 g/mol. The van der Waals surface area contributed by atoms with Gasteiger partial charge in [-0.2, -0.15) is 4.98 Å². The zero-order valence-electron chi connectivity index (χ0n) is 12.6. The number of halogens is 4. The summed E-state index contributed by atoms with van der Waals surface area (Å²) in [6.45, 7) is 1.64. The summed E-state index contributed by atoms with van der Waals surface area (Å²) in [5.41, 5.74) is 0.453. The standard InChI is InChI=1S/C14H13BrClF2N5O/c1-7(17)2-3-8-10(18)11-13(20-6-9-19-4-5-24-9)21-14(16)22-23(11)12(8)15/h4-5,7H,2-3,6H2,1H3,(H,20,21,22). The Labute approximate surface area is 149 Å². The molecule has 0 aliphatic carbocycles. The zero-order valence-corrected chi connectivity index (χ0v) is 14.9. The van der Waals surface area contributed by atoms with E-state index in [1.165, 1.54) is 23.9 Å². The maximum Gasteiger partial charge on any atom is 0.243 e. The first-order chi connectivity index (χ1) is 11.5. The van der Waals surface area contributed by atoms with Gasteiger partial charge in [-0.25, -0.2) is 18.3 Å². The Kier molecular flexibility index (Phi) is 5.00. The maximum atomic E-state index is 14.8. The van der Waals surface area contributed by atoms with Crippen molar-refractivity contribution in [2.45, 2.75) is 32.5 Å². The highest BCUT2D eigenvalue weighted by Crippen LogP contribution is 2.32. The molecule has 0 amide bonds. The molecule has 0 aliphatic rings. The molecule has 0 spiro atoms. The average Bonchev–Trinajstić information content (AvgIpc) is 3.12. The number of rotatable bonds is 6. The molecule has 6 nitrogen and oxygen atoms in total. The molecular weight excluding hydrogens is 408 g/mol. The topological polar surface area (TPSA) is 68.2 Å². The summed E-state index contributed by atoms with van der Waals surface area (Å²) in [5.74, 6) is 0.0976. The van der Waals surface area contributed by atoms with E-state index in [9.17, 15) is 8.78 Å². The monoisotopic (exact) mass is 419 g/mol. The van der Waals surface area contributed by atoms with Crippen LogP contribution in [-0.4, -0.2) is 25.8 Å². The molecule has 1 atom stereocenters. The Balaban J connectivity index is 2.00. The number of fused-ring (bicyclic) bond motifs is 1. The number of hydrogen-bond donors (Lipinski definition) is 1. The third-order valence-corrected chi connectivity index (χ3v) is 4.39. The van der Waals surface area contributed by atoms with Crippen LogP contribution in [0, 0.1) is 5.82 Å². The van der Waals surface area contributed by atoms with Crippen LogP contribution in [0.2, 0.25) is 5.28 Å². The Morgan fingerprint density at radius 1 is 1.50 bits per heavy atom. The van der Waals surface area contributed by atoms with Crippen molar-refractivity contribution in [3.8, 4) is 0 Å². The van der Waals surface area contributed by atoms with Gasteiger partial charge in [0.05, 0.1) is 18.9 Å². The molecule has 0 aliphatic heterocycles. The number of anilines is 1. The van der Waals surface area contributed by atoms with E-state index < -0.39 is 12.0 Å². The summed E-state index contributed by atoms with van der Waals surface area (Å²) in [7, 11) is 0. The van der Waals surface area contributed by atoms with Crippen LogP contribution in [0.5, 0.6) is 0 Å². The molecule has 0 fully saturated rings. The minimum absolute atomic E-state index is 0.0569. The molecule has 0 radical (unpaired) electrons. The second-order valence-corrected chi connectivity index (χ2v) is 6.26. The highest BCUT2D eigenvalue weighted by Gasteiger charge is 2.22. The molecule has 0 saturated carbocycles. The summed E-state index contributed by atoms with van der Waals surface area (Å²) in [6, 6.07) is 0. The molecule has 24 heavy (non-hydrogen) atoms. The minimum Gasteiger partial charge on any atom is -0.447 e. The van der Waals surface area contributed by atoms with Crippen molar-refractivity contribution >= 4 is 38.9 Å². The Morgan fingerprint density at radius 3 is 2.96 bits per heavy atom. The molecule has 0 bridgehead atoms. The Hall–Kier alpha value is -1.74. The van der Waals surface area contributed by atoms with E-state index in [0.717, 1.165) is 0 Å². The van der Waals surface area contributed by atoms with E-state index >= 15 is 0 Å². The number of nitrogens with zero attached hydrogens (tertiary/aromatic N) is 4. The normalized spacial score (nSPS) is 12.7. The molecule has 1 unspecified atom stereocenters. The molecule has 3 heterocycles. The molecule has 3 aromatic rings. The molecule has 3 aromatic heterocycles. The number of alkyl halides is 1. The van der Waals surface area contributed by atoms with E-state index in [-0.39, 0.29) is 36.0 Å². The van der Waals surface area contributed by atoms with Gasteiger partial charge in [-0.3, -0.25) is 0 Å². The van der Waals surface area contributed by atoms with E-state index in [1.807, 2.05) is 0 Å². The molecule has 1 N–H and O–H groups in total. The number of nitrogens with one attached hydrogen (secondary N) is 1. The number of aromatic nitrogens is 4. The van der Waals surface area contributed by atoms with Crippen LogP contribution >= 0.6 is 27.5 Å². The van der Waals surface area contributed by atoms with Crippen LogP contribution in [0.4, 0.5) is 14.6 Å². The van der Waals surface area contributed by atoms with Crippen molar-refractivity contribution in [3.05, 3.63) is 39.6 Å². The lowest BCUT2D eigenvalue weighted by Crippen LogP contribution is -2.06. The van der Waals surface area contributed by atoms with Crippen molar-refractivity contribution in [2.24, 2.45) is 0 Å². The molecule has 3 rings (SSSR count). The first-order valence-corrected chi connectivity index (χ1v) is 8.33. The quantitative estimate of drug-likeness (QED) is 0.648. The van der Waals surface area contributed by atoms with E-state index in [1.54, 1.807) is 0 Å². The van der Waals surface area contributed by atoms with Gasteiger partial charge in [-0.05, 0) is 47.3 Å². The van der Waals surface area contributed by atoms with Crippen molar-refractivity contribution in [1.82, 2.24) is 19.6 Å². The van der Waals surface area contributed by atoms with Crippen LogP contribution in [0.25, 0.3) is 5.52 Å². The maximum absolute atomic E-state index is 14.8. The van der Waals surface area contributed by atoms with Gasteiger partial charge in [-0.1, -0.05) is 0 Å². The third kappa shape index (κ3) is 3.36. The lowest BCUT2D eigenvalue weighted by Gasteiger charge is -2.06. The second-order valence-electron chi connectivity index (χ2n) is 5.17. The lowest BCUT2D eigenvalue weighted by atomic mass is 10.1. The van der Waals surface area contributed by atoms with Gasteiger partial charge >= 0.3 is 0 Å². The van der Waals surface area contributed by atoms with Gasteiger partial charge in [0.25, 0.3) is 0 Å². The molecule has 0 aromatic carbocycles. The molecule has 0 saturated heterocycles. The first-order valence-electron chi connectivity index (χ1n) is 7.15. The predicted octanol–water partition coefficient (Wildman–Crippen LogP) is 4.18. The third-order valence-electron chi connectivity index (χ3n) is 3.41. The van der Waals surface area contributed by atoms with E-state index in [2.05, 4.69) is 36.3 Å². The van der Waals surface area contributed by atoms with Gasteiger partial charge < -0.3 is 9.73 Å². The van der Waals surface area contributed by atoms with Crippen molar-refractivity contribution in [1.29, 1.82) is 0 Å². The smallest absolute Gasteiger partial charge is 0.243 e. The molecular formula is C14H13BrClF2N5O. The number of oxazole rings is 1. The van der Waals surface area contributed by atoms with Crippen molar-refractivity contribution in [3.63, 3.8) is 0 Å². The summed E-state index contributed by atoms with van der Waals surface area (Å²) >= 11 is 9.22. The fourth-order valence-corrected chi connectivity index (χ4v) is 3.07. The SMILES string of the molecule is CC(F)CCc1c(F)c2c(NCc3ncco3)nc(Cl)nn2c1Br. The Morgan fingerprint density at radius 2 is 2.29 bits per heavy atom. The van der Waals surface area contributed by atoms with Crippen LogP contribution in [0.1, 0.15) is 24.8 Å². The minimum atomic E-state index is -1.03. The summed E-state index contributed by atoms with van der Waals surface area (Å²) in [5, 5.41) is 6.87. The van der Waals surface area contributed by atoms with Gasteiger partial charge in [0.2, 0.25) is 11.2 Å². The predicted molar refractivity (Wildman–Crippen MR) is 88.4 cm³/mol. The van der Waals surface area contributed by atoms with E-state index in [0.29, 0.717) is 16.1 Å². The van der Waals surface area contributed by atoms with Gasteiger partial charge in [-0.15, -0.1) is 5.10 Å². The highest BCUT2D eigenvalue weighted by molar-refractivity contribution is 9.10. The van der Waals surface area contributed by atoms with E-state index in [4.69, 9.17) is 16.0 Å². The Bertz CT molecular complexity index is 853. The highest BCUT2D eigenvalue weighted by atomic mass is 79.9. The van der Waals surface area contributed by atoms with Crippen LogP contribution in [0.15, 0.2) is 21.5 Å². The zero-order chi connectivity index (χ0) is 17.3. The van der Waals surface area contributed by atoms with Crippen LogP contribution in [-0.2, 0) is 13.0 Å². The van der Waals surface area contributed by atoms with Crippen molar-refractivity contribution in [2.75, 3.05) is 5.32 Å². The summed E-state index contributed by atoms with van der Waals surface area (Å²) < 4.78 is 34.7. The first kappa shape index (κ1) is 17.1. The van der Waals surface area contributed by atoms with Gasteiger partial charge in [0, 0.05) is 5.56 Å². The van der Waals surface area contributed by atoms with Crippen molar-refractivity contribution < 1.29 is 13.2 Å². The largest absolute Gasteiger partial charge is 0.447 e. The summed E-state index contributed by atoms with van der Waals surface area (Å²) in [4.78, 5) is 8.00. The number of hydrogen-bond acceptors (Lipinski definition) is 5.